The van der Waals surface area contributed by atoms with Gasteiger partial charge in [0, 0.05) is 30.7 Å². The van der Waals surface area contributed by atoms with Gasteiger partial charge in [0.15, 0.2) is 5.76 Å². The van der Waals surface area contributed by atoms with Gasteiger partial charge in [-0.15, -0.1) is 0 Å². The molecule has 1 spiro atoms. The number of hydrogen-bond donors (Lipinski definition) is 0. The Bertz CT molecular complexity index is 765. The van der Waals surface area contributed by atoms with Crippen molar-refractivity contribution in [1.82, 2.24) is 4.90 Å². The van der Waals surface area contributed by atoms with Crippen molar-refractivity contribution in [1.29, 1.82) is 0 Å². The molecule has 2 saturated heterocycles. The molecule has 0 unspecified atom stereocenters. The van der Waals surface area contributed by atoms with Gasteiger partial charge in [0.05, 0.1) is 12.1 Å². The Balaban J connectivity index is 1.55. The number of amides is 1. The lowest BCUT2D eigenvalue weighted by Gasteiger charge is -2.44. The lowest BCUT2D eigenvalue weighted by molar-refractivity contribution is -0.136. The van der Waals surface area contributed by atoms with E-state index in [1.165, 1.54) is 0 Å². The highest BCUT2D eigenvalue weighted by atomic mass is 35.5. The second kappa shape index (κ2) is 6.06. The highest BCUT2D eigenvalue weighted by molar-refractivity contribution is 6.31. The summed E-state index contributed by atoms with van der Waals surface area (Å²) < 4.78 is 17.3. The zero-order chi connectivity index (χ0) is 16.7. The van der Waals surface area contributed by atoms with Crippen LogP contribution >= 0.6 is 11.6 Å². The van der Waals surface area contributed by atoms with E-state index >= 15 is 0 Å². The summed E-state index contributed by atoms with van der Waals surface area (Å²) in [6.07, 6.45) is 2.74. The number of furan rings is 1. The first-order chi connectivity index (χ1) is 11.6. The number of piperidine rings is 1. The van der Waals surface area contributed by atoms with Crippen molar-refractivity contribution in [3.05, 3.63) is 35.0 Å². The van der Waals surface area contributed by atoms with Crippen LogP contribution in [0.3, 0.4) is 0 Å². The number of likely N-dealkylation sites (tertiary alicyclic amines) is 1. The van der Waals surface area contributed by atoms with Gasteiger partial charge in [-0.25, -0.2) is 0 Å². The first-order valence-corrected chi connectivity index (χ1v) is 8.64. The fraction of sp³-hybridized carbons (Fsp3) is 0.500. The van der Waals surface area contributed by atoms with Gasteiger partial charge < -0.3 is 18.8 Å². The summed E-state index contributed by atoms with van der Waals surface area (Å²) in [7, 11) is 1.69. The van der Waals surface area contributed by atoms with Crippen molar-refractivity contribution < 1.29 is 18.7 Å². The van der Waals surface area contributed by atoms with Crippen LogP contribution in [0.1, 0.15) is 29.8 Å². The third kappa shape index (κ3) is 2.61. The van der Waals surface area contributed by atoms with Crippen LogP contribution in [0, 0.1) is 0 Å². The molecule has 2 fully saturated rings. The molecule has 0 bridgehead atoms. The second-order valence-corrected chi connectivity index (χ2v) is 6.97. The van der Waals surface area contributed by atoms with E-state index in [4.69, 9.17) is 25.5 Å². The van der Waals surface area contributed by atoms with Gasteiger partial charge in [-0.3, -0.25) is 4.79 Å². The van der Waals surface area contributed by atoms with Crippen LogP contribution in [-0.4, -0.2) is 49.3 Å². The molecule has 6 heteroatoms. The molecule has 4 rings (SSSR count). The first-order valence-electron chi connectivity index (χ1n) is 8.26. The van der Waals surface area contributed by atoms with Gasteiger partial charge in [0.1, 0.15) is 11.7 Å². The Hall–Kier alpha value is -1.56. The van der Waals surface area contributed by atoms with E-state index in [-0.39, 0.29) is 17.6 Å². The largest absolute Gasteiger partial charge is 0.451 e. The van der Waals surface area contributed by atoms with Gasteiger partial charge in [0.25, 0.3) is 5.91 Å². The van der Waals surface area contributed by atoms with E-state index < -0.39 is 0 Å². The third-order valence-corrected chi connectivity index (χ3v) is 5.41. The van der Waals surface area contributed by atoms with E-state index in [1.54, 1.807) is 36.3 Å². The van der Waals surface area contributed by atoms with Gasteiger partial charge in [-0.1, -0.05) is 11.6 Å². The number of nitrogens with zero attached hydrogens (tertiary/aromatic N) is 1. The van der Waals surface area contributed by atoms with Crippen LogP contribution in [0.4, 0.5) is 0 Å². The maximum absolute atomic E-state index is 12.8. The Morgan fingerprint density at radius 1 is 1.38 bits per heavy atom. The smallest absolute Gasteiger partial charge is 0.289 e. The Kier molecular flexibility index (Phi) is 4.03. The standard InChI is InChI=1S/C18H20ClNO4/c1-22-16-11-20(7-6-18(16)5-2-8-23-18)17(21)15-10-12-9-13(19)3-4-14(12)24-15/h3-4,9-10,16H,2,5-8,11H2,1H3/t16-,18-/m0/s1. The molecule has 2 aliphatic heterocycles. The maximum atomic E-state index is 12.8. The number of carbonyl (C=O) groups excluding carboxylic acids is 1. The number of ether oxygens (including phenoxy) is 2. The Morgan fingerprint density at radius 2 is 2.25 bits per heavy atom. The molecule has 128 valence electrons. The topological polar surface area (TPSA) is 51.9 Å². The molecule has 2 aliphatic rings. The van der Waals surface area contributed by atoms with Gasteiger partial charge in [-0.05, 0) is 43.5 Å². The average molecular weight is 350 g/mol. The van der Waals surface area contributed by atoms with E-state index in [1.807, 2.05) is 0 Å². The molecule has 1 amide bonds. The van der Waals surface area contributed by atoms with Crippen LogP contribution in [0.2, 0.25) is 5.02 Å². The highest BCUT2D eigenvalue weighted by Gasteiger charge is 2.47. The predicted octanol–water partition coefficient (Wildman–Crippen LogP) is 3.50. The number of carbonyl (C=O) groups is 1. The van der Waals surface area contributed by atoms with Crippen molar-refractivity contribution in [2.75, 3.05) is 26.8 Å². The van der Waals surface area contributed by atoms with Crippen molar-refractivity contribution >= 4 is 28.5 Å². The molecule has 0 N–H and O–H groups in total. The minimum atomic E-state index is -0.229. The summed E-state index contributed by atoms with van der Waals surface area (Å²) >= 11 is 6.00. The molecular weight excluding hydrogens is 330 g/mol. The number of hydrogen-bond acceptors (Lipinski definition) is 4. The molecule has 0 saturated carbocycles. The average Bonchev–Trinajstić information content (AvgIpc) is 3.22. The number of rotatable bonds is 2. The number of fused-ring (bicyclic) bond motifs is 1. The van der Waals surface area contributed by atoms with Crippen LogP contribution in [-0.2, 0) is 9.47 Å². The van der Waals surface area contributed by atoms with Crippen molar-refractivity contribution in [2.24, 2.45) is 0 Å². The summed E-state index contributed by atoms with van der Waals surface area (Å²) in [6.45, 7) is 1.95. The lowest BCUT2D eigenvalue weighted by atomic mass is 9.85. The SMILES string of the molecule is CO[C@H]1CN(C(=O)c2cc3cc(Cl)ccc3o2)CC[C@@]12CCCO2. The summed E-state index contributed by atoms with van der Waals surface area (Å²) in [5.74, 6) is 0.225. The van der Waals surface area contributed by atoms with Crippen LogP contribution in [0.15, 0.2) is 28.7 Å². The van der Waals surface area contributed by atoms with E-state index in [2.05, 4.69) is 0 Å². The maximum Gasteiger partial charge on any atom is 0.289 e. The fourth-order valence-corrected chi connectivity index (χ4v) is 4.04. The molecule has 2 atom stereocenters. The molecule has 1 aromatic carbocycles. The minimum absolute atomic E-state index is 0.100. The summed E-state index contributed by atoms with van der Waals surface area (Å²) in [5, 5.41) is 1.46. The van der Waals surface area contributed by atoms with Crippen LogP contribution < -0.4 is 0 Å². The lowest BCUT2D eigenvalue weighted by Crippen LogP contribution is -2.57. The molecule has 0 aliphatic carbocycles. The van der Waals surface area contributed by atoms with Gasteiger partial charge in [0.2, 0.25) is 0 Å². The quantitative estimate of drug-likeness (QED) is 0.832. The van der Waals surface area contributed by atoms with E-state index in [0.29, 0.717) is 29.5 Å². The molecule has 2 aromatic rings. The van der Waals surface area contributed by atoms with Gasteiger partial charge >= 0.3 is 0 Å². The van der Waals surface area contributed by atoms with Crippen LogP contribution in [0.5, 0.6) is 0 Å². The summed E-state index contributed by atoms with van der Waals surface area (Å²) in [5.41, 5.74) is 0.436. The van der Waals surface area contributed by atoms with E-state index in [0.717, 1.165) is 31.3 Å². The summed E-state index contributed by atoms with van der Waals surface area (Å²) in [6, 6.07) is 7.09. The second-order valence-electron chi connectivity index (χ2n) is 6.54. The molecule has 1 aromatic heterocycles. The molecule has 24 heavy (non-hydrogen) atoms. The molecule has 3 heterocycles. The monoisotopic (exact) mass is 349 g/mol. The number of benzene rings is 1. The zero-order valence-electron chi connectivity index (χ0n) is 13.6. The fourth-order valence-electron chi connectivity index (χ4n) is 3.86. The number of halogens is 1. The zero-order valence-corrected chi connectivity index (χ0v) is 14.3. The van der Waals surface area contributed by atoms with Crippen LogP contribution in [0.25, 0.3) is 11.0 Å². The summed E-state index contributed by atoms with van der Waals surface area (Å²) in [4.78, 5) is 14.6. The third-order valence-electron chi connectivity index (χ3n) is 5.17. The molecular formula is C18H20ClNO4. The van der Waals surface area contributed by atoms with Crippen molar-refractivity contribution in [3.63, 3.8) is 0 Å². The Labute approximate surface area is 145 Å². The highest BCUT2D eigenvalue weighted by Crippen LogP contribution is 2.38. The minimum Gasteiger partial charge on any atom is -0.451 e. The van der Waals surface area contributed by atoms with Gasteiger partial charge in [-0.2, -0.15) is 0 Å². The number of methoxy groups -OCH3 is 1. The molecule has 5 nitrogen and oxygen atoms in total. The normalized spacial score (nSPS) is 27.2. The van der Waals surface area contributed by atoms with Crippen molar-refractivity contribution in [3.8, 4) is 0 Å². The predicted molar refractivity (Wildman–Crippen MR) is 90.5 cm³/mol. The van der Waals surface area contributed by atoms with Crippen molar-refractivity contribution in [2.45, 2.75) is 31.0 Å². The Morgan fingerprint density at radius 3 is 3.00 bits per heavy atom. The van der Waals surface area contributed by atoms with E-state index in [9.17, 15) is 4.79 Å². The molecule has 0 radical (unpaired) electrons. The first kappa shape index (κ1) is 15.9.